The molecule has 0 nitrogen and oxygen atoms in total. The molecule has 0 bridgehead atoms. The second-order valence-corrected chi connectivity index (χ2v) is 17.3. The van der Waals surface area contributed by atoms with Crippen molar-refractivity contribution in [3.63, 3.8) is 0 Å². The van der Waals surface area contributed by atoms with E-state index in [9.17, 15) is 0 Å². The fourth-order valence-corrected chi connectivity index (χ4v) is 9.43. The predicted molar refractivity (Wildman–Crippen MR) is 193 cm³/mol. The molecule has 0 aliphatic heterocycles. The zero-order valence-corrected chi connectivity index (χ0v) is 29.7. The molecule has 0 saturated heterocycles. The van der Waals surface area contributed by atoms with Gasteiger partial charge in [0.15, 0.2) is 0 Å². The van der Waals surface area contributed by atoms with Gasteiger partial charge in [-0.2, -0.15) is 0 Å². The van der Waals surface area contributed by atoms with Crippen molar-refractivity contribution in [2.45, 2.75) is 125 Å². The first kappa shape index (κ1) is 30.5. The third-order valence-corrected chi connectivity index (χ3v) is 11.5. The van der Waals surface area contributed by atoms with Gasteiger partial charge in [0.1, 0.15) is 0 Å². The molecule has 0 aromatic heterocycles. The molecule has 2 unspecified atom stereocenters. The maximum atomic E-state index is 2.61. The quantitative estimate of drug-likeness (QED) is 0.183. The summed E-state index contributed by atoms with van der Waals surface area (Å²) in [6, 6.07) is 25.5. The van der Waals surface area contributed by atoms with Crippen LogP contribution in [0.25, 0.3) is 11.1 Å². The summed E-state index contributed by atoms with van der Waals surface area (Å²) in [5.41, 5.74) is 21.2. The SMILES string of the molecule is CCc1cc2c(cc1C)C(c1ccc3c(c1)CC3CC(C)(C)C)(c1ccc3c(c1)CC3CC(C)(C)C)c1cc(C)c(CC)cc1-2. The molecule has 0 fully saturated rings. The van der Waals surface area contributed by atoms with Crippen LogP contribution in [0, 0.1) is 24.7 Å². The van der Waals surface area contributed by atoms with E-state index in [-0.39, 0.29) is 5.41 Å². The van der Waals surface area contributed by atoms with Gasteiger partial charge in [0.2, 0.25) is 0 Å². The average molecular weight is 595 g/mol. The Morgan fingerprint density at radius 3 is 1.31 bits per heavy atom. The summed E-state index contributed by atoms with van der Waals surface area (Å²) >= 11 is 0. The lowest BCUT2D eigenvalue weighted by molar-refractivity contribution is 0.323. The molecule has 0 radical (unpaired) electrons. The monoisotopic (exact) mass is 594 g/mol. The molecule has 0 amide bonds. The summed E-state index contributed by atoms with van der Waals surface area (Å²) in [6.45, 7) is 23.6. The van der Waals surface area contributed by atoms with E-state index in [1.165, 1.54) is 81.3 Å². The highest BCUT2D eigenvalue weighted by molar-refractivity contribution is 5.88. The number of hydrogen-bond donors (Lipinski definition) is 0. The Balaban J connectivity index is 1.48. The van der Waals surface area contributed by atoms with Crippen molar-refractivity contribution < 1.29 is 0 Å². The molecule has 0 spiro atoms. The van der Waals surface area contributed by atoms with Crippen LogP contribution in [0.4, 0.5) is 0 Å². The van der Waals surface area contributed by atoms with E-state index >= 15 is 0 Å². The van der Waals surface area contributed by atoms with Crippen molar-refractivity contribution in [2.75, 3.05) is 0 Å². The number of fused-ring (bicyclic) bond motifs is 5. The van der Waals surface area contributed by atoms with Gasteiger partial charge >= 0.3 is 0 Å². The minimum atomic E-state index is -0.312. The highest BCUT2D eigenvalue weighted by Crippen LogP contribution is 2.59. The zero-order valence-electron chi connectivity index (χ0n) is 29.7. The largest absolute Gasteiger partial charge is 0.0713 e. The Hall–Kier alpha value is -3.12. The second-order valence-electron chi connectivity index (χ2n) is 17.3. The molecule has 3 aliphatic rings. The van der Waals surface area contributed by atoms with Gasteiger partial charge in [-0.3, -0.25) is 0 Å². The lowest BCUT2D eigenvalue weighted by atomic mass is 9.62. The van der Waals surface area contributed by atoms with Crippen LogP contribution in [-0.2, 0) is 31.1 Å². The molecular weight excluding hydrogens is 540 g/mol. The number of hydrogen-bond acceptors (Lipinski definition) is 0. The van der Waals surface area contributed by atoms with Crippen molar-refractivity contribution >= 4 is 0 Å². The minimum absolute atomic E-state index is 0.312. The Morgan fingerprint density at radius 2 is 0.978 bits per heavy atom. The molecule has 0 heteroatoms. The maximum absolute atomic E-state index is 2.61. The van der Waals surface area contributed by atoms with Crippen LogP contribution in [-0.4, -0.2) is 0 Å². The Bertz CT molecular complexity index is 1680. The van der Waals surface area contributed by atoms with Crippen molar-refractivity contribution in [1.29, 1.82) is 0 Å². The van der Waals surface area contributed by atoms with E-state index in [2.05, 4.69) is 130 Å². The van der Waals surface area contributed by atoms with Gasteiger partial charge in [0.25, 0.3) is 0 Å². The summed E-state index contributed by atoms with van der Waals surface area (Å²) < 4.78 is 0. The summed E-state index contributed by atoms with van der Waals surface area (Å²) in [5.74, 6) is 1.38. The number of aryl methyl sites for hydroxylation is 4. The second kappa shape index (κ2) is 10.4. The third-order valence-electron chi connectivity index (χ3n) is 11.5. The van der Waals surface area contributed by atoms with Gasteiger partial charge in [-0.05, 0) is 153 Å². The van der Waals surface area contributed by atoms with Crippen LogP contribution in [0.5, 0.6) is 0 Å². The van der Waals surface area contributed by atoms with Crippen LogP contribution >= 0.6 is 0 Å². The van der Waals surface area contributed by atoms with Crippen molar-refractivity contribution in [2.24, 2.45) is 10.8 Å². The number of benzene rings is 4. The fourth-order valence-electron chi connectivity index (χ4n) is 9.43. The van der Waals surface area contributed by atoms with Crippen LogP contribution in [0.15, 0.2) is 60.7 Å². The fraction of sp³-hybridized carbons (Fsp3) is 0.467. The molecule has 234 valence electrons. The van der Waals surface area contributed by atoms with Gasteiger partial charge in [0.05, 0.1) is 5.41 Å². The summed E-state index contributed by atoms with van der Waals surface area (Å²) in [7, 11) is 0. The van der Waals surface area contributed by atoms with Crippen LogP contribution in [0.3, 0.4) is 0 Å². The Morgan fingerprint density at radius 1 is 0.578 bits per heavy atom. The molecule has 7 rings (SSSR count). The Labute approximate surface area is 273 Å². The molecular formula is C45H54. The van der Waals surface area contributed by atoms with E-state index in [0.717, 1.165) is 12.8 Å². The van der Waals surface area contributed by atoms with E-state index in [1.54, 1.807) is 22.3 Å². The summed E-state index contributed by atoms with van der Waals surface area (Å²) in [5, 5.41) is 0. The highest BCUT2D eigenvalue weighted by atomic mass is 14.5. The van der Waals surface area contributed by atoms with Gasteiger partial charge < -0.3 is 0 Å². The lowest BCUT2D eigenvalue weighted by Gasteiger charge is -2.41. The lowest BCUT2D eigenvalue weighted by Crippen LogP contribution is -2.32. The smallest absolute Gasteiger partial charge is 0.0613 e. The predicted octanol–water partition coefficient (Wildman–Crippen LogP) is 11.9. The molecule has 0 saturated carbocycles. The van der Waals surface area contributed by atoms with Gasteiger partial charge in [-0.25, -0.2) is 0 Å². The molecule has 2 atom stereocenters. The van der Waals surface area contributed by atoms with E-state index in [4.69, 9.17) is 0 Å². The first-order valence-corrected chi connectivity index (χ1v) is 17.8. The first-order chi connectivity index (χ1) is 21.2. The maximum Gasteiger partial charge on any atom is 0.0713 e. The third kappa shape index (κ3) is 4.85. The van der Waals surface area contributed by atoms with Gasteiger partial charge in [-0.15, -0.1) is 0 Å². The van der Waals surface area contributed by atoms with Crippen LogP contribution in [0.1, 0.15) is 147 Å². The molecule has 0 heterocycles. The van der Waals surface area contributed by atoms with E-state index in [0.29, 0.717) is 22.7 Å². The summed E-state index contributed by atoms with van der Waals surface area (Å²) in [6.07, 6.45) is 7.06. The molecule has 4 aromatic rings. The van der Waals surface area contributed by atoms with Crippen molar-refractivity contribution in [1.82, 2.24) is 0 Å². The standard InChI is InChI=1S/C45H54/c1-11-29-23-39-40-24-30(12-2)28(4)18-42(40)45(41(39)17-27(29)3,35-13-15-37-31(21-35)19-33(37)25-43(5,6)7)36-14-16-38-32(22-36)20-34(38)26-44(8,9)10/h13-18,21-24,33-34H,11-12,19-20,25-26H2,1-10H3. The van der Waals surface area contributed by atoms with Gasteiger partial charge in [0, 0.05) is 0 Å². The van der Waals surface area contributed by atoms with Crippen LogP contribution in [0.2, 0.25) is 0 Å². The van der Waals surface area contributed by atoms with Crippen molar-refractivity contribution in [3.8, 4) is 11.1 Å². The molecule has 0 N–H and O–H groups in total. The van der Waals surface area contributed by atoms with Crippen molar-refractivity contribution in [3.05, 3.63) is 127 Å². The van der Waals surface area contributed by atoms with Crippen LogP contribution < -0.4 is 0 Å². The average Bonchev–Trinajstić information content (AvgIpc) is 3.20. The molecule has 3 aliphatic carbocycles. The zero-order chi connectivity index (χ0) is 32.1. The number of rotatable bonds is 6. The molecule has 4 aromatic carbocycles. The summed E-state index contributed by atoms with van der Waals surface area (Å²) in [4.78, 5) is 0. The Kier molecular flexibility index (Phi) is 7.09. The first-order valence-electron chi connectivity index (χ1n) is 17.8. The molecule has 45 heavy (non-hydrogen) atoms. The highest BCUT2D eigenvalue weighted by Gasteiger charge is 2.48. The normalized spacial score (nSPS) is 19.2. The van der Waals surface area contributed by atoms with E-state index in [1.807, 2.05) is 0 Å². The topological polar surface area (TPSA) is 0 Å². The minimum Gasteiger partial charge on any atom is -0.0613 e. The van der Waals surface area contributed by atoms with Gasteiger partial charge in [-0.1, -0.05) is 116 Å². The van der Waals surface area contributed by atoms with E-state index < -0.39 is 0 Å².